The van der Waals surface area contributed by atoms with Crippen molar-refractivity contribution in [1.82, 2.24) is 14.5 Å². The second kappa shape index (κ2) is 5.55. The number of thiophene rings is 1. The standard InChI is InChI=1S/C16H21N3OS/c1-3-15(21-8-1)10-18-6-2-4-16(12-18)9-14(11-20-16)19-7-5-17-13-19/h1,3,5,7-8,13-14H,2,4,6,9-12H2/t14-,16-/m1/s1. The first-order valence-electron chi connectivity index (χ1n) is 7.69. The van der Waals surface area contributed by atoms with Crippen molar-refractivity contribution in [2.75, 3.05) is 19.7 Å². The van der Waals surface area contributed by atoms with E-state index in [1.807, 2.05) is 23.9 Å². The molecule has 0 aromatic carbocycles. The highest BCUT2D eigenvalue weighted by Gasteiger charge is 2.43. The molecule has 112 valence electrons. The molecule has 2 aromatic rings. The Morgan fingerprint density at radius 3 is 3.29 bits per heavy atom. The van der Waals surface area contributed by atoms with Gasteiger partial charge in [-0.25, -0.2) is 4.98 Å². The fraction of sp³-hybridized carbons (Fsp3) is 0.562. The molecule has 0 bridgehead atoms. The molecule has 2 aliphatic heterocycles. The molecule has 4 rings (SSSR count). The van der Waals surface area contributed by atoms with Crippen LogP contribution in [0.25, 0.3) is 0 Å². The summed E-state index contributed by atoms with van der Waals surface area (Å²) in [5, 5.41) is 2.16. The summed E-state index contributed by atoms with van der Waals surface area (Å²) in [7, 11) is 0. The zero-order valence-corrected chi connectivity index (χ0v) is 13.0. The number of nitrogens with zero attached hydrogens (tertiary/aromatic N) is 3. The molecule has 2 atom stereocenters. The van der Waals surface area contributed by atoms with E-state index in [1.165, 1.54) is 24.3 Å². The number of imidazole rings is 1. The van der Waals surface area contributed by atoms with Gasteiger partial charge in [0.1, 0.15) is 0 Å². The summed E-state index contributed by atoms with van der Waals surface area (Å²) < 4.78 is 8.48. The topological polar surface area (TPSA) is 30.3 Å². The molecule has 2 saturated heterocycles. The van der Waals surface area contributed by atoms with Crippen molar-refractivity contribution < 1.29 is 4.74 Å². The van der Waals surface area contributed by atoms with E-state index in [0.717, 1.165) is 26.1 Å². The Morgan fingerprint density at radius 2 is 2.48 bits per heavy atom. The van der Waals surface area contributed by atoms with E-state index in [-0.39, 0.29) is 5.60 Å². The molecule has 4 nitrogen and oxygen atoms in total. The Bertz CT molecular complexity index is 568. The van der Waals surface area contributed by atoms with Crippen LogP contribution in [0.5, 0.6) is 0 Å². The number of aromatic nitrogens is 2. The maximum Gasteiger partial charge on any atom is 0.0949 e. The fourth-order valence-corrected chi connectivity index (χ4v) is 4.48. The van der Waals surface area contributed by atoms with Crippen LogP contribution in [-0.2, 0) is 11.3 Å². The lowest BCUT2D eigenvalue weighted by Gasteiger charge is -2.39. The van der Waals surface area contributed by atoms with Gasteiger partial charge in [0.2, 0.25) is 0 Å². The van der Waals surface area contributed by atoms with E-state index in [9.17, 15) is 0 Å². The molecule has 5 heteroatoms. The average Bonchev–Trinajstić information content (AvgIpc) is 3.20. The lowest BCUT2D eigenvalue weighted by Crippen LogP contribution is -2.47. The summed E-state index contributed by atoms with van der Waals surface area (Å²) in [6.07, 6.45) is 9.37. The molecule has 0 unspecified atom stereocenters. The van der Waals surface area contributed by atoms with Crippen molar-refractivity contribution in [3.8, 4) is 0 Å². The first-order chi connectivity index (χ1) is 10.3. The third-order valence-corrected chi connectivity index (χ3v) is 5.58. The smallest absolute Gasteiger partial charge is 0.0949 e. The van der Waals surface area contributed by atoms with Crippen molar-refractivity contribution in [3.63, 3.8) is 0 Å². The van der Waals surface area contributed by atoms with Crippen LogP contribution in [0.15, 0.2) is 36.2 Å². The third kappa shape index (κ3) is 2.78. The van der Waals surface area contributed by atoms with Crippen molar-refractivity contribution in [1.29, 1.82) is 0 Å². The van der Waals surface area contributed by atoms with Crippen molar-refractivity contribution in [2.45, 2.75) is 37.5 Å². The number of hydrogen-bond acceptors (Lipinski definition) is 4. The van der Waals surface area contributed by atoms with E-state index >= 15 is 0 Å². The van der Waals surface area contributed by atoms with Gasteiger partial charge in [0.15, 0.2) is 0 Å². The van der Waals surface area contributed by atoms with Crippen LogP contribution in [0, 0.1) is 0 Å². The molecule has 1 spiro atoms. The summed E-state index contributed by atoms with van der Waals surface area (Å²) in [5.41, 5.74) is 0.0600. The molecule has 0 saturated carbocycles. The highest BCUT2D eigenvalue weighted by molar-refractivity contribution is 7.09. The zero-order chi connectivity index (χ0) is 14.1. The maximum absolute atomic E-state index is 6.28. The minimum Gasteiger partial charge on any atom is -0.371 e. The quantitative estimate of drug-likeness (QED) is 0.873. The van der Waals surface area contributed by atoms with Gasteiger partial charge in [0.05, 0.1) is 24.6 Å². The molecular formula is C16H21N3OS. The summed E-state index contributed by atoms with van der Waals surface area (Å²) >= 11 is 1.85. The molecule has 0 aliphatic carbocycles. The predicted octanol–water partition coefficient (Wildman–Crippen LogP) is 2.94. The average molecular weight is 303 g/mol. The van der Waals surface area contributed by atoms with Crippen LogP contribution in [0.3, 0.4) is 0 Å². The van der Waals surface area contributed by atoms with Gasteiger partial charge in [-0.05, 0) is 30.8 Å². The SMILES string of the molecule is c1csc(CN2CCC[C@@]3(C[C@@H](n4ccnc4)CO3)C2)c1. The fourth-order valence-electron chi connectivity index (χ4n) is 3.73. The largest absolute Gasteiger partial charge is 0.371 e. The van der Waals surface area contributed by atoms with Crippen LogP contribution >= 0.6 is 11.3 Å². The van der Waals surface area contributed by atoms with Gasteiger partial charge in [-0.15, -0.1) is 11.3 Å². The van der Waals surface area contributed by atoms with Crippen molar-refractivity contribution in [3.05, 3.63) is 41.1 Å². The summed E-state index contributed by atoms with van der Waals surface area (Å²) in [4.78, 5) is 8.18. The van der Waals surface area contributed by atoms with Gasteiger partial charge in [-0.1, -0.05) is 6.07 Å². The monoisotopic (exact) mass is 303 g/mol. The second-order valence-corrected chi connectivity index (χ2v) is 7.29. The Balaban J connectivity index is 1.43. The van der Waals surface area contributed by atoms with Crippen LogP contribution in [0.1, 0.15) is 30.2 Å². The van der Waals surface area contributed by atoms with Crippen molar-refractivity contribution >= 4 is 11.3 Å². The minimum absolute atomic E-state index is 0.0600. The van der Waals surface area contributed by atoms with Gasteiger partial charge < -0.3 is 9.30 Å². The summed E-state index contributed by atoms with van der Waals surface area (Å²) in [6, 6.07) is 4.82. The molecule has 0 N–H and O–H groups in total. The molecule has 0 radical (unpaired) electrons. The van der Waals surface area contributed by atoms with E-state index in [2.05, 4.69) is 38.2 Å². The Morgan fingerprint density at radius 1 is 1.48 bits per heavy atom. The van der Waals surface area contributed by atoms with E-state index in [4.69, 9.17) is 4.74 Å². The van der Waals surface area contributed by atoms with Gasteiger partial charge in [-0.2, -0.15) is 0 Å². The van der Waals surface area contributed by atoms with Crippen LogP contribution < -0.4 is 0 Å². The van der Waals surface area contributed by atoms with Crippen LogP contribution in [0.2, 0.25) is 0 Å². The number of rotatable bonds is 3. The Hall–Kier alpha value is -1.17. The number of likely N-dealkylation sites (tertiary alicyclic amines) is 1. The molecule has 2 aliphatic rings. The van der Waals surface area contributed by atoms with E-state index in [0.29, 0.717) is 6.04 Å². The van der Waals surface area contributed by atoms with E-state index in [1.54, 1.807) is 0 Å². The summed E-state index contributed by atoms with van der Waals surface area (Å²) in [6.45, 7) is 4.15. The highest BCUT2D eigenvalue weighted by atomic mass is 32.1. The lowest BCUT2D eigenvalue weighted by molar-refractivity contribution is -0.0532. The van der Waals surface area contributed by atoms with Crippen LogP contribution in [0.4, 0.5) is 0 Å². The molecule has 21 heavy (non-hydrogen) atoms. The van der Waals surface area contributed by atoms with Gasteiger partial charge in [0, 0.05) is 36.8 Å². The van der Waals surface area contributed by atoms with Gasteiger partial charge in [-0.3, -0.25) is 4.90 Å². The lowest BCUT2D eigenvalue weighted by atomic mass is 9.88. The normalized spacial score (nSPS) is 30.2. The molecule has 2 fully saturated rings. The van der Waals surface area contributed by atoms with Gasteiger partial charge >= 0.3 is 0 Å². The number of ether oxygens (including phenoxy) is 1. The molecular weight excluding hydrogens is 282 g/mol. The second-order valence-electron chi connectivity index (χ2n) is 6.26. The molecule has 0 amide bonds. The first-order valence-corrected chi connectivity index (χ1v) is 8.57. The predicted molar refractivity (Wildman–Crippen MR) is 83.4 cm³/mol. The van der Waals surface area contributed by atoms with Crippen LogP contribution in [-0.4, -0.2) is 39.7 Å². The highest BCUT2D eigenvalue weighted by Crippen LogP contribution is 2.39. The number of hydrogen-bond donors (Lipinski definition) is 0. The maximum atomic E-state index is 6.28. The van der Waals surface area contributed by atoms with E-state index < -0.39 is 0 Å². The van der Waals surface area contributed by atoms with Gasteiger partial charge in [0.25, 0.3) is 0 Å². The Kier molecular flexibility index (Phi) is 3.57. The molecule has 2 aromatic heterocycles. The minimum atomic E-state index is 0.0600. The van der Waals surface area contributed by atoms with Crippen molar-refractivity contribution in [2.24, 2.45) is 0 Å². The first kappa shape index (κ1) is 13.5. The zero-order valence-electron chi connectivity index (χ0n) is 12.1. The summed E-state index contributed by atoms with van der Waals surface area (Å²) in [5.74, 6) is 0. The Labute approximate surface area is 129 Å². The third-order valence-electron chi connectivity index (χ3n) is 4.71. The molecule has 4 heterocycles. The number of piperidine rings is 1.